The zero-order valence-corrected chi connectivity index (χ0v) is 13.0. The highest BCUT2D eigenvalue weighted by atomic mass is 16.5. The number of hydrogen-bond donors (Lipinski definition) is 0. The Morgan fingerprint density at radius 1 is 1.35 bits per heavy atom. The average molecular weight is 283 g/mol. The summed E-state index contributed by atoms with van der Waals surface area (Å²) in [7, 11) is 3.64. The molecule has 1 saturated heterocycles. The van der Waals surface area contributed by atoms with Crippen LogP contribution in [0.15, 0.2) is 0 Å². The third-order valence-electron chi connectivity index (χ3n) is 4.97. The van der Waals surface area contributed by atoms with Gasteiger partial charge in [0.25, 0.3) is 0 Å². The van der Waals surface area contributed by atoms with E-state index in [1.54, 1.807) is 0 Å². The van der Waals surface area contributed by atoms with Crippen LogP contribution < -0.4 is 0 Å². The minimum atomic E-state index is -0.103. The SMILES string of the molecule is COC(=O)CCCN(C)C1CCOC2(CCCCC2)C1. The Kier molecular flexibility index (Phi) is 5.85. The third-order valence-corrected chi connectivity index (χ3v) is 4.97. The number of carbonyl (C=O) groups is 1. The molecular weight excluding hydrogens is 254 g/mol. The second kappa shape index (κ2) is 7.41. The van der Waals surface area contributed by atoms with E-state index in [4.69, 9.17) is 9.47 Å². The summed E-state index contributed by atoms with van der Waals surface area (Å²) < 4.78 is 10.8. The second-order valence-electron chi connectivity index (χ2n) is 6.40. The predicted molar refractivity (Wildman–Crippen MR) is 78.7 cm³/mol. The number of esters is 1. The molecule has 0 aromatic carbocycles. The van der Waals surface area contributed by atoms with Gasteiger partial charge in [-0.15, -0.1) is 0 Å². The van der Waals surface area contributed by atoms with E-state index in [-0.39, 0.29) is 11.6 Å². The fourth-order valence-corrected chi connectivity index (χ4v) is 3.68. The molecule has 4 nitrogen and oxygen atoms in total. The van der Waals surface area contributed by atoms with Crippen molar-refractivity contribution in [2.75, 3.05) is 27.3 Å². The molecule has 0 radical (unpaired) electrons. The summed E-state index contributed by atoms with van der Waals surface area (Å²) >= 11 is 0. The van der Waals surface area contributed by atoms with Crippen molar-refractivity contribution in [3.63, 3.8) is 0 Å². The van der Waals surface area contributed by atoms with Gasteiger partial charge in [0.15, 0.2) is 0 Å². The van der Waals surface area contributed by atoms with Crippen molar-refractivity contribution >= 4 is 5.97 Å². The molecule has 2 rings (SSSR count). The Hall–Kier alpha value is -0.610. The van der Waals surface area contributed by atoms with Gasteiger partial charge in [0, 0.05) is 19.1 Å². The van der Waals surface area contributed by atoms with E-state index in [1.165, 1.54) is 45.6 Å². The number of ether oxygens (including phenoxy) is 2. The molecule has 20 heavy (non-hydrogen) atoms. The monoisotopic (exact) mass is 283 g/mol. The zero-order valence-electron chi connectivity index (χ0n) is 13.0. The van der Waals surface area contributed by atoms with E-state index in [0.29, 0.717) is 12.5 Å². The van der Waals surface area contributed by atoms with Crippen molar-refractivity contribution in [2.24, 2.45) is 0 Å². The molecule has 1 spiro atoms. The maximum absolute atomic E-state index is 11.2. The molecule has 116 valence electrons. The van der Waals surface area contributed by atoms with Crippen LogP contribution >= 0.6 is 0 Å². The van der Waals surface area contributed by atoms with E-state index >= 15 is 0 Å². The molecule has 4 heteroatoms. The minimum Gasteiger partial charge on any atom is -0.469 e. The quantitative estimate of drug-likeness (QED) is 0.727. The highest BCUT2D eigenvalue weighted by molar-refractivity contribution is 5.69. The van der Waals surface area contributed by atoms with Crippen LogP contribution in [0.1, 0.15) is 57.8 Å². The molecule has 1 aliphatic heterocycles. The maximum Gasteiger partial charge on any atom is 0.305 e. The number of nitrogens with zero attached hydrogens (tertiary/aromatic N) is 1. The van der Waals surface area contributed by atoms with Crippen LogP contribution in [0, 0.1) is 0 Å². The summed E-state index contributed by atoms with van der Waals surface area (Å²) in [6.07, 6.45) is 10.2. The first kappa shape index (κ1) is 15.8. The van der Waals surface area contributed by atoms with Gasteiger partial charge in [-0.2, -0.15) is 0 Å². The summed E-state index contributed by atoms with van der Waals surface area (Å²) in [5.74, 6) is -0.103. The van der Waals surface area contributed by atoms with Gasteiger partial charge in [0.05, 0.1) is 12.7 Å². The minimum absolute atomic E-state index is 0.103. The van der Waals surface area contributed by atoms with Crippen molar-refractivity contribution in [1.82, 2.24) is 4.90 Å². The Bertz CT molecular complexity index is 307. The molecule has 0 amide bonds. The first-order valence-corrected chi connectivity index (χ1v) is 8.06. The topological polar surface area (TPSA) is 38.8 Å². The highest BCUT2D eigenvalue weighted by Gasteiger charge is 2.39. The summed E-state index contributed by atoms with van der Waals surface area (Å²) in [5.41, 5.74) is 0.164. The molecule has 1 aliphatic carbocycles. The summed E-state index contributed by atoms with van der Waals surface area (Å²) in [5, 5.41) is 0. The Balaban J connectivity index is 1.77. The summed E-state index contributed by atoms with van der Waals surface area (Å²) in [6.45, 7) is 1.86. The zero-order chi connectivity index (χ0) is 14.4. The largest absolute Gasteiger partial charge is 0.469 e. The molecular formula is C16H29NO3. The molecule has 0 aromatic rings. The van der Waals surface area contributed by atoms with Crippen LogP contribution in [0.5, 0.6) is 0 Å². The van der Waals surface area contributed by atoms with Gasteiger partial charge in [-0.25, -0.2) is 0 Å². The molecule has 2 aliphatic rings. The van der Waals surface area contributed by atoms with Crippen LogP contribution in [0.3, 0.4) is 0 Å². The summed E-state index contributed by atoms with van der Waals surface area (Å²) in [4.78, 5) is 13.6. The van der Waals surface area contributed by atoms with E-state index in [2.05, 4.69) is 11.9 Å². The van der Waals surface area contributed by atoms with Crippen LogP contribution in [0.4, 0.5) is 0 Å². The molecule has 1 atom stereocenters. The van der Waals surface area contributed by atoms with Crippen LogP contribution in [0.2, 0.25) is 0 Å². The lowest BCUT2D eigenvalue weighted by molar-refractivity contribution is -0.141. The van der Waals surface area contributed by atoms with Crippen LogP contribution in [0.25, 0.3) is 0 Å². The molecule has 1 unspecified atom stereocenters. The van der Waals surface area contributed by atoms with Crippen molar-refractivity contribution in [2.45, 2.75) is 69.4 Å². The van der Waals surface area contributed by atoms with Gasteiger partial charge in [-0.3, -0.25) is 4.79 Å². The molecule has 2 fully saturated rings. The van der Waals surface area contributed by atoms with E-state index < -0.39 is 0 Å². The van der Waals surface area contributed by atoms with Gasteiger partial charge >= 0.3 is 5.97 Å². The molecule has 0 bridgehead atoms. The van der Waals surface area contributed by atoms with Gasteiger partial charge in [0.2, 0.25) is 0 Å². The fourth-order valence-electron chi connectivity index (χ4n) is 3.68. The number of methoxy groups -OCH3 is 1. The smallest absolute Gasteiger partial charge is 0.305 e. The van der Waals surface area contributed by atoms with Crippen LogP contribution in [-0.4, -0.2) is 49.8 Å². The molecule has 0 N–H and O–H groups in total. The lowest BCUT2D eigenvalue weighted by Crippen LogP contribution is -2.48. The van der Waals surface area contributed by atoms with E-state index in [0.717, 1.165) is 26.0 Å². The first-order valence-electron chi connectivity index (χ1n) is 8.06. The second-order valence-corrected chi connectivity index (χ2v) is 6.40. The van der Waals surface area contributed by atoms with Crippen molar-refractivity contribution in [3.05, 3.63) is 0 Å². The molecule has 1 heterocycles. The highest BCUT2D eigenvalue weighted by Crippen LogP contribution is 2.39. The maximum atomic E-state index is 11.2. The van der Waals surface area contributed by atoms with Gasteiger partial charge in [0.1, 0.15) is 0 Å². The molecule has 1 saturated carbocycles. The number of hydrogen-bond acceptors (Lipinski definition) is 4. The normalized spacial score (nSPS) is 25.9. The van der Waals surface area contributed by atoms with Crippen molar-refractivity contribution in [3.8, 4) is 0 Å². The van der Waals surface area contributed by atoms with E-state index in [9.17, 15) is 4.79 Å². The predicted octanol–water partition coefficient (Wildman–Crippen LogP) is 2.75. The Morgan fingerprint density at radius 3 is 2.80 bits per heavy atom. The Morgan fingerprint density at radius 2 is 2.10 bits per heavy atom. The Labute approximate surface area is 122 Å². The fraction of sp³-hybridized carbons (Fsp3) is 0.938. The van der Waals surface area contributed by atoms with E-state index in [1.807, 2.05) is 0 Å². The van der Waals surface area contributed by atoms with Crippen molar-refractivity contribution in [1.29, 1.82) is 0 Å². The molecule has 0 aromatic heterocycles. The van der Waals surface area contributed by atoms with Crippen LogP contribution in [-0.2, 0) is 14.3 Å². The van der Waals surface area contributed by atoms with Gasteiger partial charge in [-0.1, -0.05) is 19.3 Å². The third kappa shape index (κ3) is 4.19. The first-order chi connectivity index (χ1) is 9.65. The lowest BCUT2D eigenvalue weighted by Gasteiger charge is -2.46. The number of carbonyl (C=O) groups excluding carboxylic acids is 1. The van der Waals surface area contributed by atoms with Gasteiger partial charge < -0.3 is 14.4 Å². The lowest BCUT2D eigenvalue weighted by atomic mass is 9.78. The summed E-state index contributed by atoms with van der Waals surface area (Å²) in [6, 6.07) is 0.611. The van der Waals surface area contributed by atoms with Gasteiger partial charge in [-0.05, 0) is 45.7 Å². The number of rotatable bonds is 5. The van der Waals surface area contributed by atoms with Crippen molar-refractivity contribution < 1.29 is 14.3 Å². The standard InChI is InChI=1S/C16H29NO3/c1-17(11-6-7-15(18)19-2)14-8-12-20-16(13-14)9-4-3-5-10-16/h14H,3-13H2,1-2H3. The average Bonchev–Trinajstić information content (AvgIpc) is 2.47.